The largest absolute Gasteiger partial charge is 0.301 e. The van der Waals surface area contributed by atoms with Crippen LogP contribution in [0.25, 0.3) is 0 Å². The molecule has 112 valence electrons. The minimum absolute atomic E-state index is 0.104. The van der Waals surface area contributed by atoms with Crippen molar-refractivity contribution < 1.29 is 9.85 Å². The van der Waals surface area contributed by atoms with Crippen molar-refractivity contribution in [3.8, 4) is 0 Å². The lowest BCUT2D eigenvalue weighted by Gasteiger charge is -2.18. The van der Waals surface area contributed by atoms with Crippen molar-refractivity contribution in [1.82, 2.24) is 0 Å². The van der Waals surface area contributed by atoms with Crippen molar-refractivity contribution in [2.24, 2.45) is 5.10 Å². The third kappa shape index (κ3) is 3.66. The lowest BCUT2D eigenvalue weighted by atomic mass is 9.98. The number of rotatable bonds is 4. The van der Waals surface area contributed by atoms with Crippen molar-refractivity contribution in [1.29, 1.82) is 0 Å². The maximum atomic E-state index is 11.0. The molecule has 21 heavy (non-hydrogen) atoms. The Kier molecular flexibility index (Phi) is 4.69. The molecule has 0 bridgehead atoms. The Morgan fingerprint density at radius 3 is 2.62 bits per heavy atom. The third-order valence-electron chi connectivity index (χ3n) is 3.21. The van der Waals surface area contributed by atoms with Gasteiger partial charge in [0.1, 0.15) is 5.69 Å². The fraction of sp³-hybridized carbons (Fsp3) is 0.417. The number of halogens is 1. The Balaban J connectivity index is 2.25. The van der Waals surface area contributed by atoms with E-state index in [-0.39, 0.29) is 16.8 Å². The van der Waals surface area contributed by atoms with Crippen LogP contribution in [0.4, 0.5) is 17.1 Å². The van der Waals surface area contributed by atoms with Gasteiger partial charge in [0, 0.05) is 6.07 Å². The van der Waals surface area contributed by atoms with Crippen molar-refractivity contribution in [3.63, 3.8) is 0 Å². The van der Waals surface area contributed by atoms with E-state index in [0.717, 1.165) is 37.5 Å². The fourth-order valence-electron chi connectivity index (χ4n) is 2.09. The van der Waals surface area contributed by atoms with E-state index in [0.29, 0.717) is 0 Å². The molecule has 0 aromatic heterocycles. The van der Waals surface area contributed by atoms with Crippen LogP contribution in [0.3, 0.4) is 0 Å². The summed E-state index contributed by atoms with van der Waals surface area (Å²) >= 11 is 6.12. The summed E-state index contributed by atoms with van der Waals surface area (Å²) in [6, 6.07) is 3.36. The number of benzene rings is 1. The molecule has 0 spiro atoms. The molecule has 1 aliphatic carbocycles. The minimum Gasteiger partial charge on any atom is -0.272 e. The maximum absolute atomic E-state index is 11.0. The number of nitro benzene ring substituents is 2. The molecule has 0 amide bonds. The van der Waals surface area contributed by atoms with Gasteiger partial charge in [0.15, 0.2) is 0 Å². The topological polar surface area (TPSA) is 111 Å². The standard InChI is InChI=1S/C12H13ClN4O4/c13-9-3-1-2-4-10(9)14-15-11-6-5-8(16(18)19)7-12(11)17(20)21/h5-7,9,15H,1-4H2/b14-10-. The van der Waals surface area contributed by atoms with Gasteiger partial charge in [-0.3, -0.25) is 25.7 Å². The molecular formula is C12H13ClN4O4. The molecule has 1 unspecified atom stereocenters. The zero-order valence-corrected chi connectivity index (χ0v) is 11.7. The van der Waals surface area contributed by atoms with Gasteiger partial charge in [0.2, 0.25) is 0 Å². The number of nitrogens with one attached hydrogen (secondary N) is 1. The number of non-ortho nitro benzene ring substituents is 1. The van der Waals surface area contributed by atoms with Crippen molar-refractivity contribution >= 4 is 34.4 Å². The molecule has 0 radical (unpaired) electrons. The second kappa shape index (κ2) is 6.49. The molecule has 1 aliphatic rings. The normalized spacial score (nSPS) is 20.2. The van der Waals surface area contributed by atoms with E-state index in [4.69, 9.17) is 11.6 Å². The number of nitrogens with zero attached hydrogens (tertiary/aromatic N) is 3. The van der Waals surface area contributed by atoms with Crippen LogP contribution in [-0.4, -0.2) is 20.9 Å². The predicted molar refractivity (Wildman–Crippen MR) is 78.9 cm³/mol. The molecule has 2 rings (SSSR count). The van der Waals surface area contributed by atoms with Crippen LogP contribution in [0.15, 0.2) is 23.3 Å². The first-order valence-electron chi connectivity index (χ1n) is 6.38. The minimum atomic E-state index is -0.686. The molecule has 1 atom stereocenters. The van der Waals surface area contributed by atoms with E-state index in [2.05, 4.69) is 10.5 Å². The monoisotopic (exact) mass is 312 g/mol. The Bertz CT molecular complexity index is 605. The van der Waals surface area contributed by atoms with Crippen molar-refractivity contribution in [3.05, 3.63) is 38.4 Å². The van der Waals surface area contributed by atoms with Gasteiger partial charge < -0.3 is 0 Å². The highest BCUT2D eigenvalue weighted by Crippen LogP contribution is 2.29. The summed E-state index contributed by atoms with van der Waals surface area (Å²) < 4.78 is 0. The van der Waals surface area contributed by atoms with Crippen LogP contribution in [0, 0.1) is 20.2 Å². The highest BCUT2D eigenvalue weighted by Gasteiger charge is 2.21. The zero-order chi connectivity index (χ0) is 15.4. The number of alkyl halides is 1. The molecule has 0 aliphatic heterocycles. The van der Waals surface area contributed by atoms with Crippen LogP contribution >= 0.6 is 11.6 Å². The van der Waals surface area contributed by atoms with E-state index in [1.807, 2.05) is 0 Å². The first-order chi connectivity index (χ1) is 9.99. The maximum Gasteiger partial charge on any atom is 0.301 e. The first-order valence-corrected chi connectivity index (χ1v) is 6.82. The summed E-state index contributed by atoms with van der Waals surface area (Å²) in [6.45, 7) is 0. The Labute approximate surface area is 125 Å². The second-order valence-electron chi connectivity index (χ2n) is 4.64. The average molecular weight is 313 g/mol. The number of hydrogen-bond acceptors (Lipinski definition) is 6. The van der Waals surface area contributed by atoms with Crippen LogP contribution in [0.5, 0.6) is 0 Å². The van der Waals surface area contributed by atoms with Gasteiger partial charge in [-0.15, -0.1) is 11.6 Å². The highest BCUT2D eigenvalue weighted by molar-refractivity contribution is 6.32. The van der Waals surface area contributed by atoms with Crippen molar-refractivity contribution in [2.75, 3.05) is 5.43 Å². The van der Waals surface area contributed by atoms with Crippen LogP contribution in [0.2, 0.25) is 0 Å². The van der Waals surface area contributed by atoms with E-state index in [9.17, 15) is 20.2 Å². The van der Waals surface area contributed by atoms with Crippen molar-refractivity contribution in [2.45, 2.75) is 31.1 Å². The molecule has 9 heteroatoms. The van der Waals surface area contributed by atoms with Gasteiger partial charge in [-0.05, 0) is 25.3 Å². The SMILES string of the molecule is O=[N+]([O-])c1ccc(N/N=C2/CCCCC2Cl)c([N+](=O)[O-])c1. The summed E-state index contributed by atoms with van der Waals surface area (Å²) in [5.41, 5.74) is 2.72. The lowest BCUT2D eigenvalue weighted by molar-refractivity contribution is -0.393. The van der Waals surface area contributed by atoms with E-state index in [1.165, 1.54) is 12.1 Å². The lowest BCUT2D eigenvalue weighted by Crippen LogP contribution is -2.20. The average Bonchev–Trinajstić information content (AvgIpc) is 2.46. The Morgan fingerprint density at radius 1 is 1.24 bits per heavy atom. The van der Waals surface area contributed by atoms with Gasteiger partial charge in [0.05, 0.1) is 27.0 Å². The molecule has 1 aromatic carbocycles. The van der Waals surface area contributed by atoms with Crippen LogP contribution < -0.4 is 5.43 Å². The molecule has 0 saturated heterocycles. The molecule has 0 heterocycles. The summed E-state index contributed by atoms with van der Waals surface area (Å²) in [4.78, 5) is 20.3. The van der Waals surface area contributed by atoms with E-state index < -0.39 is 15.5 Å². The summed E-state index contributed by atoms with van der Waals surface area (Å²) in [5.74, 6) is 0. The fourth-order valence-corrected chi connectivity index (χ4v) is 2.40. The number of hydrogen-bond donors (Lipinski definition) is 1. The summed E-state index contributed by atoms with van der Waals surface area (Å²) in [5, 5.41) is 25.6. The molecular weight excluding hydrogens is 300 g/mol. The van der Waals surface area contributed by atoms with E-state index >= 15 is 0 Å². The highest BCUT2D eigenvalue weighted by atomic mass is 35.5. The molecule has 1 fully saturated rings. The molecule has 8 nitrogen and oxygen atoms in total. The van der Waals surface area contributed by atoms with Gasteiger partial charge in [-0.1, -0.05) is 6.42 Å². The summed E-state index contributed by atoms with van der Waals surface area (Å²) in [6.07, 6.45) is 3.57. The Morgan fingerprint density at radius 2 is 2.00 bits per heavy atom. The predicted octanol–water partition coefficient (Wildman–Crippen LogP) is 3.45. The van der Waals surface area contributed by atoms with Crippen LogP contribution in [-0.2, 0) is 0 Å². The van der Waals surface area contributed by atoms with Gasteiger partial charge in [0.25, 0.3) is 5.69 Å². The zero-order valence-electron chi connectivity index (χ0n) is 11.0. The first kappa shape index (κ1) is 15.2. The molecule has 1 saturated carbocycles. The summed E-state index contributed by atoms with van der Waals surface area (Å²) in [7, 11) is 0. The smallest absolute Gasteiger partial charge is 0.272 e. The van der Waals surface area contributed by atoms with Gasteiger partial charge in [-0.2, -0.15) is 5.10 Å². The quantitative estimate of drug-likeness (QED) is 0.520. The van der Waals surface area contributed by atoms with Gasteiger partial charge in [-0.25, -0.2) is 0 Å². The Hall–Kier alpha value is -2.22. The third-order valence-corrected chi connectivity index (χ3v) is 3.68. The number of hydrazone groups is 1. The second-order valence-corrected chi connectivity index (χ2v) is 5.17. The number of nitro groups is 2. The van der Waals surface area contributed by atoms with Gasteiger partial charge >= 0.3 is 5.69 Å². The number of anilines is 1. The molecule has 1 aromatic rings. The van der Waals surface area contributed by atoms with E-state index in [1.54, 1.807) is 0 Å². The molecule has 1 N–H and O–H groups in total. The van der Waals surface area contributed by atoms with Crippen LogP contribution in [0.1, 0.15) is 25.7 Å².